The second-order valence-electron chi connectivity index (χ2n) is 4.56. The van der Waals surface area contributed by atoms with E-state index in [-0.39, 0.29) is 5.92 Å². The van der Waals surface area contributed by atoms with Crippen molar-refractivity contribution in [2.75, 3.05) is 0 Å². The van der Waals surface area contributed by atoms with E-state index >= 15 is 0 Å². The number of hydrogen-bond donors (Lipinski definition) is 0. The molecule has 1 unspecified atom stereocenters. The number of halogens is 2. The number of aromatic nitrogens is 1. The summed E-state index contributed by atoms with van der Waals surface area (Å²) in [4.78, 5) is 4.52. The Morgan fingerprint density at radius 1 is 1.30 bits per heavy atom. The third-order valence-corrected chi connectivity index (χ3v) is 3.86. The summed E-state index contributed by atoms with van der Waals surface area (Å²) in [5, 5.41) is 1.31. The third-order valence-electron chi connectivity index (χ3n) is 3.29. The maximum atomic E-state index is 6.33. The fourth-order valence-corrected chi connectivity index (χ4v) is 2.91. The van der Waals surface area contributed by atoms with Crippen molar-refractivity contribution in [3.8, 4) is 12.3 Å². The van der Waals surface area contributed by atoms with Gasteiger partial charge < -0.3 is 0 Å². The van der Waals surface area contributed by atoms with Crippen molar-refractivity contribution in [2.24, 2.45) is 0 Å². The average molecular weight is 304 g/mol. The minimum absolute atomic E-state index is 0.129. The quantitative estimate of drug-likeness (QED) is 0.716. The van der Waals surface area contributed by atoms with E-state index in [1.807, 2.05) is 24.3 Å². The van der Waals surface area contributed by atoms with Crippen LogP contribution < -0.4 is 0 Å². The molecule has 1 nitrogen and oxygen atoms in total. The van der Waals surface area contributed by atoms with Gasteiger partial charge in [-0.15, -0.1) is 12.3 Å². The molecule has 0 N–H and O–H groups in total. The zero-order chi connectivity index (χ0) is 14.5. The molecule has 0 fully saturated rings. The van der Waals surface area contributed by atoms with Gasteiger partial charge in [0.25, 0.3) is 0 Å². The average Bonchev–Trinajstić information content (AvgIpc) is 2.44. The summed E-state index contributed by atoms with van der Waals surface area (Å²) in [5.41, 5.74) is 3.11. The Balaban J connectivity index is 2.50. The maximum absolute atomic E-state index is 6.33. The van der Waals surface area contributed by atoms with Gasteiger partial charge in [0.15, 0.2) is 0 Å². The highest BCUT2D eigenvalue weighted by atomic mass is 35.5. The topological polar surface area (TPSA) is 12.9 Å². The molecule has 0 amide bonds. The van der Waals surface area contributed by atoms with Crippen molar-refractivity contribution in [3.63, 3.8) is 0 Å². The first-order valence-corrected chi connectivity index (χ1v) is 7.25. The molecule has 1 atom stereocenters. The van der Waals surface area contributed by atoms with Gasteiger partial charge in [0, 0.05) is 28.6 Å². The first kappa shape index (κ1) is 14.9. The molecule has 2 aromatic rings. The van der Waals surface area contributed by atoms with Crippen LogP contribution in [-0.4, -0.2) is 4.98 Å². The van der Waals surface area contributed by atoms with E-state index < -0.39 is 0 Å². The van der Waals surface area contributed by atoms with Crippen LogP contribution in [0, 0.1) is 12.3 Å². The molecule has 20 heavy (non-hydrogen) atoms. The zero-order valence-electron chi connectivity index (χ0n) is 11.2. The smallest absolute Gasteiger partial charge is 0.0520 e. The van der Waals surface area contributed by atoms with Gasteiger partial charge >= 0.3 is 0 Å². The number of benzene rings is 1. The second-order valence-corrected chi connectivity index (χ2v) is 5.40. The third kappa shape index (κ3) is 3.15. The summed E-state index contributed by atoms with van der Waals surface area (Å²) in [7, 11) is 0. The van der Waals surface area contributed by atoms with Crippen molar-refractivity contribution in [1.29, 1.82) is 0 Å². The van der Waals surface area contributed by atoms with Crippen LogP contribution in [-0.2, 0) is 6.42 Å². The first-order chi connectivity index (χ1) is 9.67. The molecule has 0 spiro atoms. The summed E-state index contributed by atoms with van der Waals surface area (Å²) < 4.78 is 0. The lowest BCUT2D eigenvalue weighted by atomic mass is 9.89. The van der Waals surface area contributed by atoms with E-state index in [1.165, 1.54) is 0 Å². The van der Waals surface area contributed by atoms with Crippen LogP contribution in [0.3, 0.4) is 0 Å². The van der Waals surface area contributed by atoms with Gasteiger partial charge in [-0.3, -0.25) is 4.98 Å². The molecule has 2 rings (SSSR count). The Labute approximate surface area is 130 Å². The van der Waals surface area contributed by atoms with Crippen molar-refractivity contribution in [2.45, 2.75) is 25.7 Å². The number of hydrogen-bond acceptors (Lipinski definition) is 1. The number of terminal acetylenes is 1. The molecule has 0 aliphatic heterocycles. The van der Waals surface area contributed by atoms with Crippen LogP contribution in [0.2, 0.25) is 10.0 Å². The second kappa shape index (κ2) is 6.79. The highest BCUT2D eigenvalue weighted by Crippen LogP contribution is 2.34. The molecule has 0 radical (unpaired) electrons. The molecule has 1 heterocycles. The summed E-state index contributed by atoms with van der Waals surface area (Å²) >= 11 is 12.3. The van der Waals surface area contributed by atoms with Crippen LogP contribution in [0.5, 0.6) is 0 Å². The van der Waals surface area contributed by atoms with Crippen molar-refractivity contribution in [3.05, 3.63) is 63.4 Å². The normalized spacial score (nSPS) is 11.9. The Morgan fingerprint density at radius 3 is 2.75 bits per heavy atom. The van der Waals surface area contributed by atoms with Crippen LogP contribution in [0.25, 0.3) is 0 Å². The Hall–Kier alpha value is -1.49. The van der Waals surface area contributed by atoms with Gasteiger partial charge in [-0.05, 0) is 35.7 Å². The zero-order valence-corrected chi connectivity index (χ0v) is 12.7. The molecule has 1 aromatic carbocycles. The predicted octanol–water partition coefficient (Wildman–Crippen LogP) is 5.11. The lowest BCUT2D eigenvalue weighted by Gasteiger charge is -2.19. The first-order valence-electron chi connectivity index (χ1n) is 6.49. The maximum Gasteiger partial charge on any atom is 0.0520 e. The fourth-order valence-electron chi connectivity index (χ4n) is 2.37. The molecule has 0 aliphatic rings. The molecule has 0 bridgehead atoms. The van der Waals surface area contributed by atoms with Gasteiger partial charge in [-0.2, -0.15) is 0 Å². The largest absolute Gasteiger partial charge is 0.260 e. The summed E-state index contributed by atoms with van der Waals surface area (Å²) in [6.45, 7) is 2.12. The van der Waals surface area contributed by atoms with E-state index in [0.29, 0.717) is 16.5 Å². The van der Waals surface area contributed by atoms with Crippen LogP contribution in [0.15, 0.2) is 36.5 Å². The van der Waals surface area contributed by atoms with Crippen molar-refractivity contribution < 1.29 is 0 Å². The van der Waals surface area contributed by atoms with E-state index in [9.17, 15) is 0 Å². The lowest BCUT2D eigenvalue weighted by Crippen LogP contribution is -2.07. The van der Waals surface area contributed by atoms with Gasteiger partial charge in [-0.1, -0.05) is 42.3 Å². The van der Waals surface area contributed by atoms with E-state index in [0.717, 1.165) is 23.2 Å². The SMILES string of the molecule is C#CCc1cccnc1C(CC)c1ccc(Cl)cc1Cl. The Morgan fingerprint density at radius 2 is 2.10 bits per heavy atom. The Kier molecular flexibility index (Phi) is 5.06. The molecule has 3 heteroatoms. The highest BCUT2D eigenvalue weighted by molar-refractivity contribution is 6.35. The van der Waals surface area contributed by atoms with Gasteiger partial charge in [0.05, 0.1) is 5.69 Å². The monoisotopic (exact) mass is 303 g/mol. The highest BCUT2D eigenvalue weighted by Gasteiger charge is 2.19. The minimum Gasteiger partial charge on any atom is -0.260 e. The van der Waals surface area contributed by atoms with Gasteiger partial charge in [0.2, 0.25) is 0 Å². The minimum atomic E-state index is 0.129. The van der Waals surface area contributed by atoms with E-state index in [2.05, 4.69) is 17.8 Å². The molecule has 0 saturated carbocycles. The summed E-state index contributed by atoms with van der Waals surface area (Å²) in [6, 6.07) is 9.52. The molecule has 102 valence electrons. The Bertz CT molecular complexity index is 644. The molecular weight excluding hydrogens is 289 g/mol. The molecular formula is C17H15Cl2N. The standard InChI is InChI=1S/C17H15Cl2N/c1-3-6-12-7-5-10-20-17(12)14(4-2)15-9-8-13(18)11-16(15)19/h1,5,7-11,14H,4,6H2,2H3. The van der Waals surface area contributed by atoms with Crippen molar-refractivity contribution in [1.82, 2.24) is 4.98 Å². The van der Waals surface area contributed by atoms with E-state index in [4.69, 9.17) is 29.6 Å². The number of rotatable bonds is 4. The van der Waals surface area contributed by atoms with Crippen LogP contribution in [0.1, 0.15) is 36.1 Å². The molecule has 0 saturated heterocycles. The summed E-state index contributed by atoms with van der Waals surface area (Å²) in [6.07, 6.45) is 8.70. The molecule has 0 aliphatic carbocycles. The van der Waals surface area contributed by atoms with Gasteiger partial charge in [-0.25, -0.2) is 0 Å². The summed E-state index contributed by atoms with van der Waals surface area (Å²) in [5.74, 6) is 2.81. The van der Waals surface area contributed by atoms with Crippen LogP contribution >= 0.6 is 23.2 Å². The number of pyridine rings is 1. The lowest BCUT2D eigenvalue weighted by molar-refractivity contribution is 0.740. The van der Waals surface area contributed by atoms with Gasteiger partial charge in [0.1, 0.15) is 0 Å². The van der Waals surface area contributed by atoms with Crippen LogP contribution in [0.4, 0.5) is 0 Å². The predicted molar refractivity (Wildman–Crippen MR) is 85.4 cm³/mol. The number of nitrogens with zero attached hydrogens (tertiary/aromatic N) is 1. The fraction of sp³-hybridized carbons (Fsp3) is 0.235. The van der Waals surface area contributed by atoms with Crippen molar-refractivity contribution >= 4 is 23.2 Å². The van der Waals surface area contributed by atoms with E-state index in [1.54, 1.807) is 12.3 Å². The molecule has 1 aromatic heterocycles.